The van der Waals surface area contributed by atoms with Crippen molar-refractivity contribution in [3.8, 4) is 28.4 Å². The number of phenols is 2. The molecule has 3 rings (SSSR count). The van der Waals surface area contributed by atoms with Gasteiger partial charge in [-0.25, -0.2) is 4.68 Å². The lowest BCUT2D eigenvalue weighted by atomic mass is 10.1. The lowest BCUT2D eigenvalue weighted by Gasteiger charge is -2.07. The number of aromatic nitrogens is 2. The summed E-state index contributed by atoms with van der Waals surface area (Å²) in [6, 6.07) is 11.3. The van der Waals surface area contributed by atoms with Crippen LogP contribution < -0.4 is 0 Å². The van der Waals surface area contributed by atoms with E-state index in [0.29, 0.717) is 15.7 Å². The fourth-order valence-corrected chi connectivity index (χ4v) is 2.65. The number of halogens is 2. The lowest BCUT2D eigenvalue weighted by molar-refractivity contribution is 0.475. The van der Waals surface area contributed by atoms with Crippen molar-refractivity contribution in [1.82, 2.24) is 9.78 Å². The van der Waals surface area contributed by atoms with Gasteiger partial charge in [-0.05, 0) is 30.3 Å². The van der Waals surface area contributed by atoms with Crippen LogP contribution >= 0.6 is 23.2 Å². The first-order chi connectivity index (χ1) is 10.0. The van der Waals surface area contributed by atoms with E-state index in [9.17, 15) is 10.2 Å². The van der Waals surface area contributed by atoms with Crippen molar-refractivity contribution in [3.05, 3.63) is 58.7 Å². The summed E-state index contributed by atoms with van der Waals surface area (Å²) in [5, 5.41) is 23.8. The molecule has 0 spiro atoms. The van der Waals surface area contributed by atoms with Gasteiger partial charge < -0.3 is 10.2 Å². The average Bonchev–Trinajstić information content (AvgIpc) is 2.87. The third-order valence-electron chi connectivity index (χ3n) is 2.98. The van der Waals surface area contributed by atoms with Gasteiger partial charge in [-0.1, -0.05) is 23.2 Å². The van der Waals surface area contributed by atoms with Crippen LogP contribution in [0.3, 0.4) is 0 Å². The van der Waals surface area contributed by atoms with Gasteiger partial charge in [0.25, 0.3) is 0 Å². The van der Waals surface area contributed by atoms with Crippen LogP contribution in [0.5, 0.6) is 11.5 Å². The van der Waals surface area contributed by atoms with Gasteiger partial charge in [0.05, 0.1) is 15.7 Å². The summed E-state index contributed by atoms with van der Waals surface area (Å²) in [5.41, 5.74) is 2.08. The summed E-state index contributed by atoms with van der Waals surface area (Å²) in [4.78, 5) is 0. The molecule has 6 heteroatoms. The average molecular weight is 321 g/mol. The van der Waals surface area contributed by atoms with Crippen molar-refractivity contribution in [2.24, 2.45) is 0 Å². The maximum atomic E-state index is 9.45. The zero-order valence-electron chi connectivity index (χ0n) is 10.7. The minimum absolute atomic E-state index is 0.000311. The van der Waals surface area contributed by atoms with Crippen LogP contribution in [0, 0.1) is 0 Å². The first-order valence-electron chi connectivity index (χ1n) is 6.08. The van der Waals surface area contributed by atoms with E-state index in [1.54, 1.807) is 35.1 Å². The third kappa shape index (κ3) is 2.68. The SMILES string of the molecule is Oc1ccc(-c2ccn(-c3c(Cl)cc(O)cc3Cl)n2)cc1. The zero-order chi connectivity index (χ0) is 15.0. The minimum atomic E-state index is -0.000311. The van der Waals surface area contributed by atoms with E-state index in [4.69, 9.17) is 23.2 Å². The van der Waals surface area contributed by atoms with Crippen molar-refractivity contribution in [1.29, 1.82) is 0 Å². The highest BCUT2D eigenvalue weighted by molar-refractivity contribution is 6.38. The van der Waals surface area contributed by atoms with E-state index in [2.05, 4.69) is 5.10 Å². The summed E-state index contributed by atoms with van der Waals surface area (Å²) < 4.78 is 1.55. The molecule has 0 aliphatic rings. The van der Waals surface area contributed by atoms with Crippen LogP contribution in [-0.4, -0.2) is 20.0 Å². The predicted molar refractivity (Wildman–Crippen MR) is 82.3 cm³/mol. The van der Waals surface area contributed by atoms with Gasteiger partial charge in [-0.15, -0.1) is 0 Å². The number of hydrogen-bond donors (Lipinski definition) is 2. The zero-order valence-corrected chi connectivity index (χ0v) is 12.2. The van der Waals surface area contributed by atoms with Crippen LogP contribution in [0.4, 0.5) is 0 Å². The number of benzene rings is 2. The molecule has 0 aliphatic carbocycles. The van der Waals surface area contributed by atoms with E-state index in [1.165, 1.54) is 12.1 Å². The second kappa shape index (κ2) is 5.31. The first kappa shape index (κ1) is 13.8. The molecular weight excluding hydrogens is 311 g/mol. The van der Waals surface area contributed by atoms with Crippen molar-refractivity contribution in [2.45, 2.75) is 0 Å². The van der Waals surface area contributed by atoms with E-state index < -0.39 is 0 Å². The van der Waals surface area contributed by atoms with Crippen LogP contribution in [0.25, 0.3) is 16.9 Å². The largest absolute Gasteiger partial charge is 0.508 e. The van der Waals surface area contributed by atoms with Crippen LogP contribution in [0.2, 0.25) is 10.0 Å². The smallest absolute Gasteiger partial charge is 0.118 e. The second-order valence-corrected chi connectivity index (χ2v) is 5.26. The monoisotopic (exact) mass is 320 g/mol. The molecule has 0 saturated heterocycles. The van der Waals surface area contributed by atoms with Crippen molar-refractivity contribution >= 4 is 23.2 Å². The van der Waals surface area contributed by atoms with Gasteiger partial charge in [0.2, 0.25) is 0 Å². The Bertz CT molecular complexity index is 775. The van der Waals surface area contributed by atoms with Gasteiger partial charge in [-0.2, -0.15) is 5.10 Å². The van der Waals surface area contributed by atoms with Crippen LogP contribution in [-0.2, 0) is 0 Å². The molecular formula is C15H10Cl2N2O2. The van der Waals surface area contributed by atoms with Crippen molar-refractivity contribution in [3.63, 3.8) is 0 Å². The topological polar surface area (TPSA) is 58.3 Å². The molecule has 1 heterocycles. The van der Waals surface area contributed by atoms with E-state index in [-0.39, 0.29) is 11.5 Å². The Kier molecular flexibility index (Phi) is 3.49. The highest BCUT2D eigenvalue weighted by Gasteiger charge is 2.12. The summed E-state index contributed by atoms with van der Waals surface area (Å²) in [5.74, 6) is 0.197. The molecule has 0 radical (unpaired) electrons. The Morgan fingerprint density at radius 2 is 1.48 bits per heavy atom. The maximum Gasteiger partial charge on any atom is 0.118 e. The molecule has 3 aromatic rings. The van der Waals surface area contributed by atoms with Crippen LogP contribution in [0.1, 0.15) is 0 Å². The number of phenolic OH excluding ortho intramolecular Hbond substituents is 2. The normalized spacial score (nSPS) is 10.8. The molecule has 0 amide bonds. The van der Waals surface area contributed by atoms with Gasteiger partial charge in [0, 0.05) is 23.9 Å². The summed E-state index contributed by atoms with van der Waals surface area (Å²) >= 11 is 12.2. The summed E-state index contributed by atoms with van der Waals surface area (Å²) in [6.45, 7) is 0. The van der Waals surface area contributed by atoms with E-state index >= 15 is 0 Å². The molecule has 106 valence electrons. The molecule has 0 atom stereocenters. The molecule has 2 aromatic carbocycles. The molecule has 0 unspecified atom stereocenters. The molecule has 2 N–H and O–H groups in total. The van der Waals surface area contributed by atoms with Crippen molar-refractivity contribution < 1.29 is 10.2 Å². The molecule has 0 saturated carbocycles. The summed E-state index contributed by atoms with van der Waals surface area (Å²) in [6.07, 6.45) is 1.73. The number of rotatable bonds is 2. The van der Waals surface area contributed by atoms with Gasteiger partial charge in [0.15, 0.2) is 0 Å². The van der Waals surface area contributed by atoms with Gasteiger partial charge in [0.1, 0.15) is 17.2 Å². The Morgan fingerprint density at radius 3 is 2.10 bits per heavy atom. The predicted octanol–water partition coefficient (Wildman–Crippen LogP) is 4.26. The fraction of sp³-hybridized carbons (Fsp3) is 0. The molecule has 21 heavy (non-hydrogen) atoms. The molecule has 0 fully saturated rings. The van der Waals surface area contributed by atoms with Crippen LogP contribution in [0.15, 0.2) is 48.7 Å². The first-order valence-corrected chi connectivity index (χ1v) is 6.83. The highest BCUT2D eigenvalue weighted by atomic mass is 35.5. The number of hydrogen-bond acceptors (Lipinski definition) is 3. The number of nitrogens with zero attached hydrogens (tertiary/aromatic N) is 2. The summed E-state index contributed by atoms with van der Waals surface area (Å²) in [7, 11) is 0. The Labute approximate surface area is 130 Å². The standard InChI is InChI=1S/C15H10Cl2N2O2/c16-12-7-11(21)8-13(17)15(12)19-6-5-14(18-19)9-1-3-10(20)4-2-9/h1-8,20-21H. The number of aromatic hydroxyl groups is 2. The fourth-order valence-electron chi connectivity index (χ4n) is 2.01. The maximum absolute atomic E-state index is 9.45. The van der Waals surface area contributed by atoms with Gasteiger partial charge in [-0.3, -0.25) is 0 Å². The lowest BCUT2D eigenvalue weighted by Crippen LogP contribution is -1.97. The van der Waals surface area contributed by atoms with Crippen molar-refractivity contribution in [2.75, 3.05) is 0 Å². The molecule has 0 aliphatic heterocycles. The molecule has 4 nitrogen and oxygen atoms in total. The quantitative estimate of drug-likeness (QED) is 0.741. The molecule has 0 bridgehead atoms. The Balaban J connectivity index is 2.05. The van der Waals surface area contributed by atoms with E-state index in [1.807, 2.05) is 6.07 Å². The molecule has 1 aromatic heterocycles. The minimum Gasteiger partial charge on any atom is -0.508 e. The second-order valence-electron chi connectivity index (χ2n) is 4.45. The Morgan fingerprint density at radius 1 is 0.857 bits per heavy atom. The third-order valence-corrected chi connectivity index (χ3v) is 3.56. The highest BCUT2D eigenvalue weighted by Crippen LogP contribution is 2.33. The van der Waals surface area contributed by atoms with E-state index in [0.717, 1.165) is 11.3 Å². The Hall–Kier alpha value is -2.17. The van der Waals surface area contributed by atoms with Gasteiger partial charge >= 0.3 is 0 Å².